The summed E-state index contributed by atoms with van der Waals surface area (Å²) < 4.78 is 5.42. The van der Waals surface area contributed by atoms with Gasteiger partial charge in [-0.15, -0.1) is 0 Å². The van der Waals surface area contributed by atoms with Crippen LogP contribution in [0, 0.1) is 0 Å². The maximum atomic E-state index is 8.61. The van der Waals surface area contributed by atoms with Crippen molar-refractivity contribution in [2.24, 2.45) is 0 Å². The van der Waals surface area contributed by atoms with E-state index in [1.165, 1.54) is 0 Å². The molecule has 0 spiro atoms. The van der Waals surface area contributed by atoms with Crippen molar-refractivity contribution in [3.8, 4) is 0 Å². The van der Waals surface area contributed by atoms with Crippen LogP contribution in [0.15, 0.2) is 24.3 Å². The summed E-state index contributed by atoms with van der Waals surface area (Å²) in [6.07, 6.45) is 2.09. The summed E-state index contributed by atoms with van der Waals surface area (Å²) in [4.78, 5) is 0. The van der Waals surface area contributed by atoms with E-state index in [-0.39, 0.29) is 12.7 Å². The molecule has 1 aliphatic rings. The molecule has 5 heteroatoms. The third-order valence-electron chi connectivity index (χ3n) is 2.55. The van der Waals surface area contributed by atoms with Gasteiger partial charge in [0.15, 0.2) is 0 Å². The molecule has 1 unspecified atom stereocenters. The van der Waals surface area contributed by atoms with E-state index in [9.17, 15) is 0 Å². The van der Waals surface area contributed by atoms with Crippen LogP contribution in [0.3, 0.4) is 0 Å². The molecule has 2 rings (SSSR count). The molecule has 1 aromatic rings. The number of halogens is 2. The second-order valence-electron chi connectivity index (χ2n) is 3.96. The highest BCUT2D eigenvalue weighted by atomic mass is 35.5. The predicted octanol–water partition coefficient (Wildman–Crippen LogP) is 2.74. The highest BCUT2D eigenvalue weighted by molar-refractivity contribution is 6.41. The first kappa shape index (κ1) is 15.7. The highest BCUT2D eigenvalue weighted by Crippen LogP contribution is 2.19. The zero-order valence-electron chi connectivity index (χ0n) is 10.2. The number of ether oxygens (including phenoxy) is 1. The SMILES string of the molecule is Clc1ccccc1Cl.OCCC1CCNCCO1. The first-order chi connectivity index (χ1) is 8.74. The van der Waals surface area contributed by atoms with Gasteiger partial charge in [-0.25, -0.2) is 0 Å². The summed E-state index contributed by atoms with van der Waals surface area (Å²) in [7, 11) is 0. The van der Waals surface area contributed by atoms with E-state index in [0.717, 1.165) is 32.5 Å². The molecule has 18 heavy (non-hydrogen) atoms. The smallest absolute Gasteiger partial charge is 0.0609 e. The Morgan fingerprint density at radius 2 is 1.89 bits per heavy atom. The second-order valence-corrected chi connectivity index (χ2v) is 4.77. The van der Waals surface area contributed by atoms with Gasteiger partial charge in [0.05, 0.1) is 22.8 Å². The van der Waals surface area contributed by atoms with Gasteiger partial charge in [-0.3, -0.25) is 0 Å². The van der Waals surface area contributed by atoms with Crippen molar-refractivity contribution in [1.29, 1.82) is 0 Å². The summed E-state index contributed by atoms with van der Waals surface area (Å²) in [5.41, 5.74) is 0. The molecule has 0 radical (unpaired) electrons. The Morgan fingerprint density at radius 1 is 1.22 bits per heavy atom. The average molecular weight is 292 g/mol. The van der Waals surface area contributed by atoms with Crippen molar-refractivity contribution in [1.82, 2.24) is 5.32 Å². The molecule has 102 valence electrons. The molecule has 1 aliphatic heterocycles. The van der Waals surface area contributed by atoms with Crippen LogP contribution in [0.4, 0.5) is 0 Å². The van der Waals surface area contributed by atoms with Crippen LogP contribution in [0.5, 0.6) is 0 Å². The molecule has 2 N–H and O–H groups in total. The summed E-state index contributed by atoms with van der Waals surface area (Å²) in [5.74, 6) is 0. The molecule has 1 saturated heterocycles. The fourth-order valence-electron chi connectivity index (χ4n) is 1.58. The summed E-state index contributed by atoms with van der Waals surface area (Å²) >= 11 is 11.2. The quantitative estimate of drug-likeness (QED) is 0.880. The fraction of sp³-hybridized carbons (Fsp3) is 0.538. The Balaban J connectivity index is 0.000000184. The molecule has 0 aliphatic carbocycles. The Kier molecular flexibility index (Phi) is 8.38. The molecule has 0 aromatic heterocycles. The zero-order chi connectivity index (χ0) is 13.2. The number of hydrogen-bond acceptors (Lipinski definition) is 3. The van der Waals surface area contributed by atoms with Gasteiger partial charge in [-0.05, 0) is 31.5 Å². The summed E-state index contributed by atoms with van der Waals surface area (Å²) in [5, 5.41) is 13.1. The van der Waals surface area contributed by atoms with E-state index in [1.807, 2.05) is 12.1 Å². The predicted molar refractivity (Wildman–Crippen MR) is 75.4 cm³/mol. The molecule has 0 bridgehead atoms. The third-order valence-corrected chi connectivity index (χ3v) is 3.31. The average Bonchev–Trinajstić information content (AvgIpc) is 2.63. The van der Waals surface area contributed by atoms with E-state index in [0.29, 0.717) is 10.0 Å². The Labute approximate surface area is 118 Å². The van der Waals surface area contributed by atoms with Gasteiger partial charge < -0.3 is 15.2 Å². The first-order valence-electron chi connectivity index (χ1n) is 6.07. The minimum atomic E-state index is 0.241. The minimum absolute atomic E-state index is 0.241. The summed E-state index contributed by atoms with van der Waals surface area (Å²) in [6.45, 7) is 2.99. The van der Waals surface area contributed by atoms with Crippen LogP contribution in [0.2, 0.25) is 10.0 Å². The number of hydrogen-bond donors (Lipinski definition) is 2. The monoisotopic (exact) mass is 291 g/mol. The Hall–Kier alpha value is -0.320. The molecule has 1 fully saturated rings. The van der Waals surface area contributed by atoms with E-state index >= 15 is 0 Å². The van der Waals surface area contributed by atoms with Crippen molar-refractivity contribution >= 4 is 23.2 Å². The lowest BCUT2D eigenvalue weighted by Crippen LogP contribution is -2.16. The highest BCUT2D eigenvalue weighted by Gasteiger charge is 2.10. The van der Waals surface area contributed by atoms with Gasteiger partial charge in [-0.2, -0.15) is 0 Å². The van der Waals surface area contributed by atoms with Crippen molar-refractivity contribution in [2.45, 2.75) is 18.9 Å². The molecule has 1 heterocycles. The largest absolute Gasteiger partial charge is 0.396 e. The van der Waals surface area contributed by atoms with Crippen LogP contribution in [0.1, 0.15) is 12.8 Å². The zero-order valence-corrected chi connectivity index (χ0v) is 11.8. The number of rotatable bonds is 2. The minimum Gasteiger partial charge on any atom is -0.396 e. The maximum Gasteiger partial charge on any atom is 0.0609 e. The Bertz CT molecular complexity index is 308. The van der Waals surface area contributed by atoms with Crippen LogP contribution in [-0.2, 0) is 4.74 Å². The normalized spacial score (nSPS) is 19.6. The van der Waals surface area contributed by atoms with Crippen LogP contribution >= 0.6 is 23.2 Å². The van der Waals surface area contributed by atoms with E-state index in [1.54, 1.807) is 12.1 Å². The third kappa shape index (κ3) is 6.57. The molecular weight excluding hydrogens is 273 g/mol. The van der Waals surface area contributed by atoms with E-state index < -0.39 is 0 Å². The van der Waals surface area contributed by atoms with Crippen molar-refractivity contribution < 1.29 is 9.84 Å². The topological polar surface area (TPSA) is 41.5 Å². The number of benzene rings is 1. The van der Waals surface area contributed by atoms with E-state index in [4.69, 9.17) is 33.0 Å². The lowest BCUT2D eigenvalue weighted by molar-refractivity contribution is 0.0459. The molecule has 1 aromatic carbocycles. The standard InChI is InChI=1S/C7H15NO2.C6H4Cl2/c9-5-2-7-1-3-8-4-6-10-7;7-5-3-1-2-4-6(5)8/h7-9H,1-6H2;1-4H. The maximum absolute atomic E-state index is 8.61. The van der Waals surface area contributed by atoms with Gasteiger partial charge in [-0.1, -0.05) is 35.3 Å². The lowest BCUT2D eigenvalue weighted by Gasteiger charge is -2.11. The number of nitrogens with one attached hydrogen (secondary N) is 1. The molecule has 3 nitrogen and oxygen atoms in total. The van der Waals surface area contributed by atoms with Crippen LogP contribution in [-0.4, -0.2) is 37.5 Å². The second kappa shape index (κ2) is 9.59. The Morgan fingerprint density at radius 3 is 2.44 bits per heavy atom. The molecule has 1 atom stereocenters. The van der Waals surface area contributed by atoms with E-state index in [2.05, 4.69) is 5.32 Å². The first-order valence-corrected chi connectivity index (χ1v) is 6.83. The lowest BCUT2D eigenvalue weighted by atomic mass is 10.2. The van der Waals surface area contributed by atoms with Gasteiger partial charge in [0.1, 0.15) is 0 Å². The summed E-state index contributed by atoms with van der Waals surface area (Å²) in [6, 6.07) is 7.19. The fourth-order valence-corrected chi connectivity index (χ4v) is 1.85. The van der Waals surface area contributed by atoms with Crippen LogP contribution in [0.25, 0.3) is 0 Å². The van der Waals surface area contributed by atoms with Crippen molar-refractivity contribution in [3.05, 3.63) is 34.3 Å². The molecule has 0 amide bonds. The van der Waals surface area contributed by atoms with Crippen molar-refractivity contribution in [3.63, 3.8) is 0 Å². The molecular formula is C13H19Cl2NO2. The molecule has 0 saturated carbocycles. The van der Waals surface area contributed by atoms with Crippen molar-refractivity contribution in [2.75, 3.05) is 26.3 Å². The van der Waals surface area contributed by atoms with Crippen LogP contribution < -0.4 is 5.32 Å². The van der Waals surface area contributed by atoms with Gasteiger partial charge in [0, 0.05) is 13.2 Å². The number of aliphatic hydroxyl groups is 1. The van der Waals surface area contributed by atoms with Gasteiger partial charge in [0.25, 0.3) is 0 Å². The van der Waals surface area contributed by atoms with Gasteiger partial charge >= 0.3 is 0 Å². The number of aliphatic hydroxyl groups excluding tert-OH is 1. The van der Waals surface area contributed by atoms with Gasteiger partial charge in [0.2, 0.25) is 0 Å².